The lowest BCUT2D eigenvalue weighted by atomic mass is 10.1. The highest BCUT2D eigenvalue weighted by Gasteiger charge is 2.32. The molecule has 1 atom stereocenters. The number of nitriles is 1. The summed E-state index contributed by atoms with van der Waals surface area (Å²) in [7, 11) is 0. The van der Waals surface area contributed by atoms with Crippen molar-refractivity contribution >= 4 is 5.82 Å². The zero-order valence-electron chi connectivity index (χ0n) is 11.8. The van der Waals surface area contributed by atoms with Crippen molar-refractivity contribution in [1.29, 1.82) is 5.26 Å². The number of hydrogen-bond acceptors (Lipinski definition) is 5. The largest absolute Gasteiger partial charge is 0.416 e. The Kier molecular flexibility index (Phi) is 3.69. The average molecular weight is 323 g/mol. The van der Waals surface area contributed by atoms with Gasteiger partial charge >= 0.3 is 6.18 Å². The first-order valence-electron chi connectivity index (χ1n) is 6.85. The first kappa shape index (κ1) is 15.3. The Labute approximate surface area is 129 Å². The predicted molar refractivity (Wildman–Crippen MR) is 73.4 cm³/mol. The third-order valence-corrected chi connectivity index (χ3v) is 3.58. The van der Waals surface area contributed by atoms with E-state index in [2.05, 4.69) is 10.1 Å². The molecule has 0 bridgehead atoms. The van der Waals surface area contributed by atoms with Gasteiger partial charge in [0.15, 0.2) is 5.82 Å². The number of halogens is 3. The Morgan fingerprint density at radius 1 is 1.43 bits per heavy atom. The van der Waals surface area contributed by atoms with Crippen LogP contribution in [-0.2, 0) is 10.9 Å². The summed E-state index contributed by atoms with van der Waals surface area (Å²) in [5, 5.41) is 13.4. The zero-order valence-corrected chi connectivity index (χ0v) is 11.8. The summed E-state index contributed by atoms with van der Waals surface area (Å²) in [4.78, 5) is 3.87. The van der Waals surface area contributed by atoms with Gasteiger partial charge in [-0.2, -0.15) is 28.2 Å². The summed E-state index contributed by atoms with van der Waals surface area (Å²) in [5.74, 6) is -0.150. The molecule has 0 aliphatic carbocycles. The Balaban J connectivity index is 2.09. The molecule has 0 amide bonds. The van der Waals surface area contributed by atoms with Crippen molar-refractivity contribution in [2.24, 2.45) is 0 Å². The van der Waals surface area contributed by atoms with Gasteiger partial charge in [0.1, 0.15) is 29.2 Å². The van der Waals surface area contributed by atoms with E-state index < -0.39 is 11.7 Å². The van der Waals surface area contributed by atoms with Crippen molar-refractivity contribution < 1.29 is 17.9 Å². The van der Waals surface area contributed by atoms with E-state index in [0.29, 0.717) is 18.7 Å². The van der Waals surface area contributed by atoms with Crippen LogP contribution >= 0.6 is 0 Å². The smallest absolute Gasteiger partial charge is 0.382 e. The second-order valence-electron chi connectivity index (χ2n) is 5.07. The van der Waals surface area contributed by atoms with Crippen LogP contribution in [0.25, 0.3) is 5.82 Å². The molecule has 9 heteroatoms. The minimum atomic E-state index is -4.50. The van der Waals surface area contributed by atoms with Crippen LogP contribution in [0.4, 0.5) is 19.0 Å². The number of hydrogen-bond donors (Lipinski definition) is 1. The molecular formula is C14H12F3N5O. The van der Waals surface area contributed by atoms with E-state index in [-0.39, 0.29) is 23.3 Å². The minimum Gasteiger partial charge on any atom is -0.382 e. The molecule has 6 nitrogen and oxygen atoms in total. The monoisotopic (exact) mass is 323 g/mol. The molecule has 3 rings (SSSR count). The highest BCUT2D eigenvalue weighted by molar-refractivity contribution is 5.56. The average Bonchev–Trinajstić information content (AvgIpc) is 3.14. The SMILES string of the molecule is N#Cc1c([C@@H]2CCCO2)nn(-c2cc(C(F)(F)F)ccn2)c1N. The molecular weight excluding hydrogens is 311 g/mol. The van der Waals surface area contributed by atoms with Crippen molar-refractivity contribution in [2.45, 2.75) is 25.1 Å². The third-order valence-electron chi connectivity index (χ3n) is 3.58. The normalized spacial score (nSPS) is 18.1. The summed E-state index contributed by atoms with van der Waals surface area (Å²) in [6, 6.07) is 3.63. The maximum Gasteiger partial charge on any atom is 0.416 e. The summed E-state index contributed by atoms with van der Waals surface area (Å²) in [6.07, 6.45) is -2.35. The Bertz CT molecular complexity index is 772. The van der Waals surface area contributed by atoms with Gasteiger partial charge in [-0.25, -0.2) is 4.98 Å². The standard InChI is InChI=1S/C14H12F3N5O/c15-14(16,17)8-3-4-20-11(6-8)22-13(19)9(7-18)12(21-22)10-2-1-5-23-10/h3-4,6,10H,1-2,5,19H2/t10-/m0/s1. The van der Waals surface area contributed by atoms with E-state index in [1.165, 1.54) is 0 Å². The molecule has 0 aromatic carbocycles. The molecule has 0 unspecified atom stereocenters. The van der Waals surface area contributed by atoms with E-state index in [4.69, 9.17) is 10.5 Å². The van der Waals surface area contributed by atoms with Crippen LogP contribution in [0.3, 0.4) is 0 Å². The van der Waals surface area contributed by atoms with Gasteiger partial charge in [-0.1, -0.05) is 0 Å². The fourth-order valence-corrected chi connectivity index (χ4v) is 2.47. The van der Waals surface area contributed by atoms with E-state index in [1.807, 2.05) is 6.07 Å². The molecule has 23 heavy (non-hydrogen) atoms. The summed E-state index contributed by atoms with van der Waals surface area (Å²) in [6.45, 7) is 0.546. The van der Waals surface area contributed by atoms with Crippen molar-refractivity contribution in [3.05, 3.63) is 35.2 Å². The second kappa shape index (κ2) is 5.55. The van der Waals surface area contributed by atoms with Crippen LogP contribution in [-0.4, -0.2) is 21.4 Å². The lowest BCUT2D eigenvalue weighted by Crippen LogP contribution is -2.09. The van der Waals surface area contributed by atoms with Gasteiger partial charge in [0, 0.05) is 12.8 Å². The zero-order chi connectivity index (χ0) is 16.6. The molecule has 2 aromatic rings. The van der Waals surface area contributed by atoms with Crippen molar-refractivity contribution in [2.75, 3.05) is 12.3 Å². The quantitative estimate of drug-likeness (QED) is 0.917. The van der Waals surface area contributed by atoms with E-state index in [1.54, 1.807) is 0 Å². The van der Waals surface area contributed by atoms with Gasteiger partial charge in [0.05, 0.1) is 5.56 Å². The number of nitrogens with zero attached hydrogens (tertiary/aromatic N) is 4. The fourth-order valence-electron chi connectivity index (χ4n) is 2.47. The molecule has 1 aliphatic rings. The van der Waals surface area contributed by atoms with Gasteiger partial charge in [-0.15, -0.1) is 0 Å². The minimum absolute atomic E-state index is 0.0511. The van der Waals surface area contributed by atoms with E-state index >= 15 is 0 Å². The Morgan fingerprint density at radius 3 is 2.83 bits per heavy atom. The van der Waals surface area contributed by atoms with Crippen LogP contribution in [0.1, 0.15) is 35.8 Å². The van der Waals surface area contributed by atoms with Gasteiger partial charge < -0.3 is 10.5 Å². The van der Waals surface area contributed by atoms with Crippen LogP contribution < -0.4 is 5.73 Å². The first-order valence-corrected chi connectivity index (χ1v) is 6.85. The van der Waals surface area contributed by atoms with Crippen LogP contribution in [0.5, 0.6) is 0 Å². The lowest BCUT2D eigenvalue weighted by Gasteiger charge is -2.09. The van der Waals surface area contributed by atoms with Crippen molar-refractivity contribution in [3.8, 4) is 11.9 Å². The topological polar surface area (TPSA) is 89.8 Å². The third kappa shape index (κ3) is 2.73. The van der Waals surface area contributed by atoms with E-state index in [9.17, 15) is 18.4 Å². The van der Waals surface area contributed by atoms with Crippen molar-refractivity contribution in [1.82, 2.24) is 14.8 Å². The summed E-state index contributed by atoms with van der Waals surface area (Å²) >= 11 is 0. The predicted octanol–water partition coefficient (Wildman–Crippen LogP) is 2.59. The molecule has 0 radical (unpaired) electrons. The second-order valence-corrected chi connectivity index (χ2v) is 5.07. The molecule has 120 valence electrons. The summed E-state index contributed by atoms with van der Waals surface area (Å²) in [5.41, 5.74) is 5.45. The fraction of sp³-hybridized carbons (Fsp3) is 0.357. The highest BCUT2D eigenvalue weighted by atomic mass is 19.4. The van der Waals surface area contributed by atoms with Crippen LogP contribution in [0, 0.1) is 11.3 Å². The Morgan fingerprint density at radius 2 is 2.22 bits per heavy atom. The first-order chi connectivity index (χ1) is 10.9. The van der Waals surface area contributed by atoms with Gasteiger partial charge in [0.25, 0.3) is 0 Å². The number of alkyl halides is 3. The lowest BCUT2D eigenvalue weighted by molar-refractivity contribution is -0.137. The number of nitrogen functional groups attached to an aromatic ring is 1. The van der Waals surface area contributed by atoms with Gasteiger partial charge in [0.2, 0.25) is 0 Å². The molecule has 2 aromatic heterocycles. The van der Waals surface area contributed by atoms with E-state index in [0.717, 1.165) is 29.4 Å². The summed E-state index contributed by atoms with van der Waals surface area (Å²) < 4.78 is 45.0. The molecule has 1 fully saturated rings. The Hall–Kier alpha value is -2.60. The number of rotatable bonds is 2. The van der Waals surface area contributed by atoms with Crippen molar-refractivity contribution in [3.63, 3.8) is 0 Å². The van der Waals surface area contributed by atoms with Crippen LogP contribution in [0.15, 0.2) is 18.3 Å². The maximum atomic E-state index is 12.8. The molecule has 0 spiro atoms. The van der Waals surface area contributed by atoms with Gasteiger partial charge in [-0.05, 0) is 25.0 Å². The number of nitrogens with two attached hydrogens (primary N) is 1. The molecule has 1 aliphatic heterocycles. The van der Waals surface area contributed by atoms with Crippen LogP contribution in [0.2, 0.25) is 0 Å². The number of pyridine rings is 1. The van der Waals surface area contributed by atoms with Gasteiger partial charge in [-0.3, -0.25) is 0 Å². The highest BCUT2D eigenvalue weighted by Crippen LogP contribution is 2.34. The number of ether oxygens (including phenoxy) is 1. The molecule has 0 saturated carbocycles. The number of anilines is 1. The maximum absolute atomic E-state index is 12.8. The number of aromatic nitrogens is 3. The molecule has 1 saturated heterocycles. The molecule has 3 heterocycles. The molecule has 2 N–H and O–H groups in total.